The Bertz CT molecular complexity index is 674. The van der Waals surface area contributed by atoms with E-state index in [1.54, 1.807) is 6.92 Å². The molecule has 0 aliphatic carbocycles. The third-order valence-corrected chi connectivity index (χ3v) is 5.22. The summed E-state index contributed by atoms with van der Waals surface area (Å²) in [6, 6.07) is 3.12. The van der Waals surface area contributed by atoms with Crippen LogP contribution < -0.4 is 15.2 Å². The van der Waals surface area contributed by atoms with Crippen LogP contribution in [0, 0.1) is 5.82 Å². The van der Waals surface area contributed by atoms with Gasteiger partial charge < -0.3 is 5.73 Å². The normalized spacial score (nSPS) is 12.5. The van der Waals surface area contributed by atoms with Gasteiger partial charge in [-0.15, -0.1) is 0 Å². The lowest BCUT2D eigenvalue weighted by Gasteiger charge is -2.09. The number of nitrogens with two attached hydrogens (primary N) is 1. The molecule has 1 rings (SSSR count). The van der Waals surface area contributed by atoms with Gasteiger partial charge in [0.05, 0.1) is 5.75 Å². The molecule has 0 bridgehead atoms. The second-order valence-corrected chi connectivity index (χ2v) is 7.57. The Morgan fingerprint density at radius 2 is 1.85 bits per heavy atom. The minimum Gasteiger partial charge on any atom is -0.399 e. The summed E-state index contributed by atoms with van der Waals surface area (Å²) in [5.41, 5.74) is 5.49. The SMILES string of the molecule is CCNS(=O)(=O)CCNS(=O)(=O)c1cc(N)ccc1F. The maximum absolute atomic E-state index is 13.4. The maximum Gasteiger partial charge on any atom is 0.243 e. The molecule has 10 heteroatoms. The molecule has 4 N–H and O–H groups in total. The van der Waals surface area contributed by atoms with Gasteiger partial charge in [-0.3, -0.25) is 0 Å². The molecule has 20 heavy (non-hydrogen) atoms. The molecule has 0 saturated heterocycles. The summed E-state index contributed by atoms with van der Waals surface area (Å²) in [4.78, 5) is -0.613. The average Bonchev–Trinajstić information content (AvgIpc) is 2.31. The van der Waals surface area contributed by atoms with E-state index in [2.05, 4.69) is 4.72 Å². The second-order valence-electron chi connectivity index (χ2n) is 3.90. The van der Waals surface area contributed by atoms with Crippen molar-refractivity contribution in [1.29, 1.82) is 0 Å². The summed E-state index contributed by atoms with van der Waals surface area (Å²) in [5, 5.41) is 0. The van der Waals surface area contributed by atoms with Crippen molar-refractivity contribution in [3.63, 3.8) is 0 Å². The summed E-state index contributed by atoms with van der Waals surface area (Å²) in [5.74, 6) is -1.40. The fourth-order valence-electron chi connectivity index (χ4n) is 1.41. The lowest BCUT2D eigenvalue weighted by atomic mass is 10.3. The molecule has 0 atom stereocenters. The highest BCUT2D eigenvalue weighted by atomic mass is 32.2. The van der Waals surface area contributed by atoms with Crippen LogP contribution in [0.3, 0.4) is 0 Å². The Labute approximate surface area is 117 Å². The standard InChI is InChI=1S/C10H16FN3O4S2/c1-2-13-19(15,16)6-5-14-20(17,18)10-7-8(12)3-4-9(10)11/h3-4,7,13-14H,2,5-6,12H2,1H3. The van der Waals surface area contributed by atoms with Gasteiger partial charge in [0.25, 0.3) is 0 Å². The predicted octanol–water partition coefficient (Wildman–Crippen LogP) is -0.374. The quantitative estimate of drug-likeness (QED) is 0.591. The lowest BCUT2D eigenvalue weighted by Crippen LogP contribution is -2.34. The number of hydrogen-bond acceptors (Lipinski definition) is 5. The van der Waals surface area contributed by atoms with Crippen molar-refractivity contribution in [2.45, 2.75) is 11.8 Å². The van der Waals surface area contributed by atoms with Crippen LogP contribution in [0.5, 0.6) is 0 Å². The zero-order valence-electron chi connectivity index (χ0n) is 10.8. The summed E-state index contributed by atoms with van der Waals surface area (Å²) < 4.78 is 64.0. The summed E-state index contributed by atoms with van der Waals surface area (Å²) >= 11 is 0. The summed E-state index contributed by atoms with van der Waals surface area (Å²) in [6.07, 6.45) is 0. The first kappa shape index (κ1) is 16.8. The predicted molar refractivity (Wildman–Crippen MR) is 73.5 cm³/mol. The highest BCUT2D eigenvalue weighted by Gasteiger charge is 2.20. The van der Waals surface area contributed by atoms with Gasteiger partial charge in [0.2, 0.25) is 20.0 Å². The number of hydrogen-bond donors (Lipinski definition) is 3. The van der Waals surface area contributed by atoms with Crippen molar-refractivity contribution >= 4 is 25.7 Å². The van der Waals surface area contributed by atoms with E-state index in [4.69, 9.17) is 5.73 Å². The Kier molecular flexibility index (Phi) is 5.45. The van der Waals surface area contributed by atoms with Gasteiger partial charge in [0.15, 0.2) is 0 Å². The number of nitrogens with one attached hydrogen (secondary N) is 2. The van der Waals surface area contributed by atoms with E-state index in [0.717, 1.165) is 12.1 Å². The molecule has 0 spiro atoms. The minimum atomic E-state index is -4.15. The molecule has 1 aromatic rings. The number of nitrogen functional groups attached to an aromatic ring is 1. The van der Waals surface area contributed by atoms with Crippen molar-refractivity contribution in [1.82, 2.24) is 9.44 Å². The van der Waals surface area contributed by atoms with Gasteiger partial charge in [-0.05, 0) is 18.2 Å². The number of anilines is 1. The molecular formula is C10H16FN3O4S2. The van der Waals surface area contributed by atoms with Crippen LogP contribution in [0.4, 0.5) is 10.1 Å². The van der Waals surface area contributed by atoms with Gasteiger partial charge in [-0.25, -0.2) is 30.7 Å². The number of halogens is 1. The Balaban J connectivity index is 2.79. The monoisotopic (exact) mass is 325 g/mol. The van der Waals surface area contributed by atoms with E-state index in [9.17, 15) is 21.2 Å². The third kappa shape index (κ3) is 4.71. The molecule has 0 radical (unpaired) electrons. The van der Waals surface area contributed by atoms with Crippen molar-refractivity contribution in [2.24, 2.45) is 0 Å². The summed E-state index contributed by atoms with van der Waals surface area (Å²) in [7, 11) is -7.70. The number of sulfonamides is 2. The van der Waals surface area contributed by atoms with E-state index in [1.165, 1.54) is 6.07 Å². The zero-order chi connectivity index (χ0) is 15.4. The van der Waals surface area contributed by atoms with E-state index in [1.807, 2.05) is 4.72 Å². The molecule has 0 aliphatic heterocycles. The fraction of sp³-hybridized carbons (Fsp3) is 0.400. The Morgan fingerprint density at radius 1 is 1.20 bits per heavy atom. The Morgan fingerprint density at radius 3 is 2.45 bits per heavy atom. The first-order chi connectivity index (χ1) is 9.18. The summed E-state index contributed by atoms with van der Waals surface area (Å²) in [6.45, 7) is 1.44. The second kappa shape index (κ2) is 6.48. The van der Waals surface area contributed by atoms with Gasteiger partial charge in [0, 0.05) is 18.8 Å². The fourth-order valence-corrected chi connectivity index (χ4v) is 3.63. The van der Waals surface area contributed by atoms with E-state index >= 15 is 0 Å². The van der Waals surface area contributed by atoms with Gasteiger partial charge in [0.1, 0.15) is 10.7 Å². The van der Waals surface area contributed by atoms with Crippen LogP contribution in [0.1, 0.15) is 6.92 Å². The van der Waals surface area contributed by atoms with Gasteiger partial charge in [-0.2, -0.15) is 0 Å². The molecule has 0 unspecified atom stereocenters. The molecule has 0 aliphatic rings. The lowest BCUT2D eigenvalue weighted by molar-refractivity contribution is 0.558. The minimum absolute atomic E-state index is 0.0899. The molecule has 1 aromatic carbocycles. The van der Waals surface area contributed by atoms with Crippen molar-refractivity contribution in [3.8, 4) is 0 Å². The third-order valence-electron chi connectivity index (χ3n) is 2.27. The van der Waals surface area contributed by atoms with Crippen LogP contribution in [0.2, 0.25) is 0 Å². The van der Waals surface area contributed by atoms with Crippen molar-refractivity contribution in [3.05, 3.63) is 24.0 Å². The molecule has 7 nitrogen and oxygen atoms in total. The molecular weight excluding hydrogens is 309 g/mol. The van der Waals surface area contributed by atoms with Crippen molar-refractivity contribution in [2.75, 3.05) is 24.6 Å². The molecule has 0 amide bonds. The number of benzene rings is 1. The van der Waals surface area contributed by atoms with Gasteiger partial charge in [-0.1, -0.05) is 6.92 Å². The van der Waals surface area contributed by atoms with Gasteiger partial charge >= 0.3 is 0 Å². The molecule has 0 heterocycles. The maximum atomic E-state index is 13.4. The zero-order valence-corrected chi connectivity index (χ0v) is 12.4. The van der Waals surface area contributed by atoms with E-state index in [0.29, 0.717) is 0 Å². The van der Waals surface area contributed by atoms with E-state index < -0.39 is 36.5 Å². The van der Waals surface area contributed by atoms with E-state index in [-0.39, 0.29) is 18.8 Å². The smallest absolute Gasteiger partial charge is 0.243 e. The molecule has 0 saturated carbocycles. The first-order valence-electron chi connectivity index (χ1n) is 5.70. The molecule has 0 aromatic heterocycles. The van der Waals surface area contributed by atoms with Crippen LogP contribution in [-0.2, 0) is 20.0 Å². The Hall–Kier alpha value is -1.23. The highest BCUT2D eigenvalue weighted by molar-refractivity contribution is 7.90. The molecule has 0 fully saturated rings. The first-order valence-corrected chi connectivity index (χ1v) is 8.83. The largest absolute Gasteiger partial charge is 0.399 e. The van der Waals surface area contributed by atoms with Crippen molar-refractivity contribution < 1.29 is 21.2 Å². The number of rotatable bonds is 7. The average molecular weight is 325 g/mol. The van der Waals surface area contributed by atoms with Crippen LogP contribution in [-0.4, -0.2) is 35.7 Å². The topological polar surface area (TPSA) is 118 Å². The molecule has 114 valence electrons. The van der Waals surface area contributed by atoms with Crippen LogP contribution in [0.15, 0.2) is 23.1 Å². The van der Waals surface area contributed by atoms with Crippen LogP contribution >= 0.6 is 0 Å². The highest BCUT2D eigenvalue weighted by Crippen LogP contribution is 2.17. The van der Waals surface area contributed by atoms with Crippen LogP contribution in [0.25, 0.3) is 0 Å².